The molecule has 1 aromatic heterocycles. The molecule has 0 unspecified atom stereocenters. The number of amides is 1. The van der Waals surface area contributed by atoms with Crippen molar-refractivity contribution in [3.63, 3.8) is 0 Å². The van der Waals surface area contributed by atoms with Crippen LogP contribution in [0.5, 0.6) is 5.75 Å². The Morgan fingerprint density at radius 3 is 2.56 bits per heavy atom. The van der Waals surface area contributed by atoms with E-state index in [0.29, 0.717) is 16.8 Å². The highest BCUT2D eigenvalue weighted by Crippen LogP contribution is 2.32. The van der Waals surface area contributed by atoms with Crippen molar-refractivity contribution in [1.82, 2.24) is 10.3 Å². The van der Waals surface area contributed by atoms with Crippen LogP contribution in [0, 0.1) is 0 Å². The molecule has 0 bridgehead atoms. The van der Waals surface area contributed by atoms with Gasteiger partial charge in [0.05, 0.1) is 7.11 Å². The van der Waals surface area contributed by atoms with Gasteiger partial charge < -0.3 is 15.4 Å². The number of nitrogens with zero attached hydrogens (tertiary/aromatic N) is 1. The number of aromatic nitrogens is 1. The molecule has 2 aromatic carbocycles. The number of benzene rings is 2. The molecule has 2 heterocycles. The average Bonchev–Trinajstić information content (AvgIpc) is 2.79. The predicted octanol–water partition coefficient (Wildman–Crippen LogP) is 4.49. The van der Waals surface area contributed by atoms with Crippen LogP contribution >= 0.6 is 0 Å². The van der Waals surface area contributed by atoms with Gasteiger partial charge in [-0.05, 0) is 62.2 Å². The standard InChI is InChI=1S/C26H25N3O3/c1-26(2)16-19-7-8-21(32-3)14-22(19)23(29-26)15-24(30)17-5-4-6-18(13-17)25(31)28-20-9-11-27-12-10-20/h4-15,29H,16H2,1-3H3,(H,27,28,31)/b23-15-. The summed E-state index contributed by atoms with van der Waals surface area (Å²) in [5.41, 5.74) is 4.14. The van der Waals surface area contributed by atoms with Crippen LogP contribution < -0.4 is 15.4 Å². The third kappa shape index (κ3) is 4.70. The van der Waals surface area contributed by atoms with E-state index in [1.807, 2.05) is 18.2 Å². The Kier molecular flexibility index (Phi) is 5.77. The summed E-state index contributed by atoms with van der Waals surface area (Å²) in [7, 11) is 1.62. The molecule has 6 nitrogen and oxygen atoms in total. The highest BCUT2D eigenvalue weighted by Gasteiger charge is 2.28. The van der Waals surface area contributed by atoms with E-state index in [1.165, 1.54) is 0 Å². The Balaban J connectivity index is 1.63. The van der Waals surface area contributed by atoms with E-state index in [2.05, 4.69) is 29.5 Å². The minimum absolute atomic E-state index is 0.183. The summed E-state index contributed by atoms with van der Waals surface area (Å²) >= 11 is 0. The van der Waals surface area contributed by atoms with E-state index in [0.717, 1.165) is 29.0 Å². The SMILES string of the molecule is COc1ccc2c(c1)/C(=C/C(=O)c1cccc(C(=O)Nc3ccncc3)c1)NC(C)(C)C2. The molecule has 6 heteroatoms. The number of pyridine rings is 1. The number of carbonyl (C=O) groups is 2. The van der Waals surface area contributed by atoms with Crippen LogP contribution in [0.2, 0.25) is 0 Å². The van der Waals surface area contributed by atoms with Gasteiger partial charge >= 0.3 is 0 Å². The van der Waals surface area contributed by atoms with Crippen LogP contribution in [0.25, 0.3) is 5.70 Å². The highest BCUT2D eigenvalue weighted by molar-refractivity contribution is 6.11. The maximum Gasteiger partial charge on any atom is 0.255 e. The van der Waals surface area contributed by atoms with Crippen molar-refractivity contribution < 1.29 is 14.3 Å². The van der Waals surface area contributed by atoms with Crippen LogP contribution in [-0.2, 0) is 6.42 Å². The summed E-state index contributed by atoms with van der Waals surface area (Å²) in [5, 5.41) is 6.28. The maximum atomic E-state index is 13.1. The van der Waals surface area contributed by atoms with Gasteiger partial charge in [0.25, 0.3) is 5.91 Å². The second kappa shape index (κ2) is 8.67. The number of methoxy groups -OCH3 is 1. The molecule has 0 radical (unpaired) electrons. The largest absolute Gasteiger partial charge is 0.497 e. The van der Waals surface area contributed by atoms with E-state index < -0.39 is 0 Å². The van der Waals surface area contributed by atoms with Gasteiger partial charge in [0.15, 0.2) is 5.78 Å². The molecule has 0 atom stereocenters. The molecular formula is C26H25N3O3. The van der Waals surface area contributed by atoms with Gasteiger partial charge in [-0.1, -0.05) is 18.2 Å². The molecular weight excluding hydrogens is 402 g/mol. The minimum Gasteiger partial charge on any atom is -0.497 e. The van der Waals surface area contributed by atoms with Crippen LogP contribution in [-0.4, -0.2) is 29.3 Å². The van der Waals surface area contributed by atoms with Gasteiger partial charge in [0, 0.05) is 52.1 Å². The summed E-state index contributed by atoms with van der Waals surface area (Å²) in [6.07, 6.45) is 5.64. The molecule has 0 aliphatic carbocycles. The number of hydrogen-bond acceptors (Lipinski definition) is 5. The van der Waals surface area contributed by atoms with Crippen molar-refractivity contribution in [1.29, 1.82) is 0 Å². The maximum absolute atomic E-state index is 13.1. The first-order chi connectivity index (χ1) is 15.3. The zero-order chi connectivity index (χ0) is 22.7. The number of fused-ring (bicyclic) bond motifs is 1. The van der Waals surface area contributed by atoms with E-state index in [9.17, 15) is 9.59 Å². The molecule has 1 aliphatic rings. The minimum atomic E-state index is -0.287. The first-order valence-electron chi connectivity index (χ1n) is 10.4. The Labute approximate surface area is 187 Å². The quantitative estimate of drug-likeness (QED) is 0.463. The molecule has 32 heavy (non-hydrogen) atoms. The number of nitrogens with one attached hydrogen (secondary N) is 2. The van der Waals surface area contributed by atoms with Crippen molar-refractivity contribution >= 4 is 23.1 Å². The molecule has 2 N–H and O–H groups in total. The topological polar surface area (TPSA) is 80.3 Å². The van der Waals surface area contributed by atoms with E-state index in [1.54, 1.807) is 62.0 Å². The Morgan fingerprint density at radius 1 is 1.06 bits per heavy atom. The zero-order valence-electron chi connectivity index (χ0n) is 18.3. The molecule has 0 spiro atoms. The first-order valence-corrected chi connectivity index (χ1v) is 10.4. The Hall–Kier alpha value is -3.93. The molecule has 0 fully saturated rings. The van der Waals surface area contributed by atoms with Crippen molar-refractivity contribution in [3.8, 4) is 5.75 Å². The van der Waals surface area contributed by atoms with Crippen molar-refractivity contribution in [2.24, 2.45) is 0 Å². The lowest BCUT2D eigenvalue weighted by molar-refractivity contribution is 0.102. The van der Waals surface area contributed by atoms with Gasteiger partial charge in [0.1, 0.15) is 5.75 Å². The third-order valence-electron chi connectivity index (χ3n) is 5.34. The molecule has 1 amide bonds. The average molecular weight is 428 g/mol. The van der Waals surface area contributed by atoms with Crippen molar-refractivity contribution in [2.45, 2.75) is 25.8 Å². The second-order valence-corrected chi connectivity index (χ2v) is 8.40. The molecule has 4 rings (SSSR count). The van der Waals surface area contributed by atoms with Crippen molar-refractivity contribution in [2.75, 3.05) is 12.4 Å². The molecule has 162 valence electrons. The molecule has 0 saturated heterocycles. The van der Waals surface area contributed by atoms with Gasteiger partial charge in [-0.15, -0.1) is 0 Å². The number of anilines is 1. The normalized spacial score (nSPS) is 15.4. The van der Waals surface area contributed by atoms with Gasteiger partial charge in [-0.2, -0.15) is 0 Å². The van der Waals surface area contributed by atoms with Crippen molar-refractivity contribution in [3.05, 3.63) is 95.3 Å². The summed E-state index contributed by atoms with van der Waals surface area (Å²) in [4.78, 5) is 29.7. The highest BCUT2D eigenvalue weighted by atomic mass is 16.5. The monoisotopic (exact) mass is 427 g/mol. The molecule has 3 aromatic rings. The number of ether oxygens (including phenoxy) is 1. The Bertz CT molecular complexity index is 1200. The van der Waals surface area contributed by atoms with E-state index in [4.69, 9.17) is 4.74 Å². The van der Waals surface area contributed by atoms with E-state index >= 15 is 0 Å². The summed E-state index contributed by atoms with van der Waals surface area (Å²) < 4.78 is 5.37. The smallest absolute Gasteiger partial charge is 0.255 e. The fourth-order valence-electron chi connectivity index (χ4n) is 3.82. The number of allylic oxidation sites excluding steroid dienone is 1. The lowest BCUT2D eigenvalue weighted by Crippen LogP contribution is -2.43. The summed E-state index contributed by atoms with van der Waals surface area (Å²) in [6.45, 7) is 4.20. The lowest BCUT2D eigenvalue weighted by Gasteiger charge is -2.35. The number of rotatable bonds is 5. The van der Waals surface area contributed by atoms with Gasteiger partial charge in [-0.3, -0.25) is 14.6 Å². The van der Waals surface area contributed by atoms with Crippen LogP contribution in [0.4, 0.5) is 5.69 Å². The lowest BCUT2D eigenvalue weighted by atomic mass is 9.85. The van der Waals surface area contributed by atoms with Crippen LogP contribution in [0.15, 0.2) is 73.1 Å². The van der Waals surface area contributed by atoms with Crippen LogP contribution in [0.3, 0.4) is 0 Å². The fourth-order valence-corrected chi connectivity index (χ4v) is 3.82. The van der Waals surface area contributed by atoms with E-state index in [-0.39, 0.29) is 17.2 Å². The Morgan fingerprint density at radius 2 is 1.81 bits per heavy atom. The van der Waals surface area contributed by atoms with Crippen LogP contribution in [0.1, 0.15) is 45.7 Å². The first kappa shape index (κ1) is 21.3. The van der Waals surface area contributed by atoms with Gasteiger partial charge in [-0.25, -0.2) is 0 Å². The third-order valence-corrected chi connectivity index (χ3v) is 5.34. The number of hydrogen-bond donors (Lipinski definition) is 2. The van der Waals surface area contributed by atoms with Gasteiger partial charge in [0.2, 0.25) is 0 Å². The zero-order valence-corrected chi connectivity index (χ0v) is 18.3. The number of carbonyl (C=O) groups excluding carboxylic acids is 2. The number of ketones is 1. The molecule has 1 aliphatic heterocycles. The fraction of sp³-hybridized carbons (Fsp3) is 0.192. The predicted molar refractivity (Wildman–Crippen MR) is 125 cm³/mol. The summed E-state index contributed by atoms with van der Waals surface area (Å²) in [6, 6.07) is 16.0. The summed E-state index contributed by atoms with van der Waals surface area (Å²) in [5.74, 6) is 0.265. The molecule has 0 saturated carbocycles. The second-order valence-electron chi connectivity index (χ2n) is 8.40.